The minimum atomic E-state index is 0.881. The van der Waals surface area contributed by atoms with Crippen molar-refractivity contribution in [2.45, 2.75) is 33.1 Å². The largest absolute Gasteiger partial charge is 0.391 e. The maximum absolute atomic E-state index is 3.92. The Hall–Kier alpha value is -1.18. The number of nitrogens with zero attached hydrogens (tertiary/aromatic N) is 1. The van der Waals surface area contributed by atoms with Crippen LogP contribution in [0.5, 0.6) is 0 Å². The average Bonchev–Trinajstić information content (AvgIpc) is 2.35. The number of allylic oxidation sites excluding steroid dienone is 3. The molecule has 0 aromatic heterocycles. The van der Waals surface area contributed by atoms with Crippen molar-refractivity contribution in [3.05, 3.63) is 36.7 Å². The van der Waals surface area contributed by atoms with E-state index in [0.29, 0.717) is 0 Å². The molecule has 0 atom stereocenters. The van der Waals surface area contributed by atoms with Gasteiger partial charge in [0.2, 0.25) is 0 Å². The highest BCUT2D eigenvalue weighted by Crippen LogP contribution is 2.20. The molecule has 0 aromatic carbocycles. The quantitative estimate of drug-likeness (QED) is 0.709. The zero-order valence-electron chi connectivity index (χ0n) is 11.3. The lowest BCUT2D eigenvalue weighted by molar-refractivity contribution is 0.243. The molecular weight excluding hydrogens is 208 g/mol. The molecule has 1 heterocycles. The van der Waals surface area contributed by atoms with Crippen LogP contribution in [-0.2, 0) is 0 Å². The molecule has 0 bridgehead atoms. The lowest BCUT2D eigenvalue weighted by atomic mass is 9.99. The molecule has 0 aliphatic carbocycles. The van der Waals surface area contributed by atoms with E-state index in [1.165, 1.54) is 31.6 Å². The Morgan fingerprint density at radius 1 is 1.41 bits per heavy atom. The Bertz CT molecular complexity index is 271. The van der Waals surface area contributed by atoms with Crippen LogP contribution in [0.25, 0.3) is 0 Å². The van der Waals surface area contributed by atoms with E-state index in [9.17, 15) is 0 Å². The monoisotopic (exact) mass is 234 g/mol. The first-order valence-corrected chi connectivity index (χ1v) is 6.73. The van der Waals surface area contributed by atoms with E-state index in [-0.39, 0.29) is 0 Å². The van der Waals surface area contributed by atoms with Gasteiger partial charge in [-0.2, -0.15) is 0 Å². The first-order chi connectivity index (χ1) is 8.27. The maximum atomic E-state index is 3.92. The van der Waals surface area contributed by atoms with Crippen LogP contribution in [0.2, 0.25) is 0 Å². The van der Waals surface area contributed by atoms with Crippen LogP contribution in [0.4, 0.5) is 0 Å². The van der Waals surface area contributed by atoms with E-state index in [0.717, 1.165) is 18.9 Å². The van der Waals surface area contributed by atoms with Gasteiger partial charge in [0.05, 0.1) is 0 Å². The lowest BCUT2D eigenvalue weighted by Crippen LogP contribution is -2.31. The minimum absolute atomic E-state index is 0.881. The molecule has 0 aromatic rings. The van der Waals surface area contributed by atoms with Crippen molar-refractivity contribution < 1.29 is 0 Å². The van der Waals surface area contributed by atoms with Gasteiger partial charge >= 0.3 is 0 Å². The molecule has 17 heavy (non-hydrogen) atoms. The highest BCUT2D eigenvalue weighted by molar-refractivity contribution is 5.16. The van der Waals surface area contributed by atoms with Crippen molar-refractivity contribution in [3.63, 3.8) is 0 Å². The SMILES string of the molecule is C=C/C(=C\C/C=C/NCC)N1CCC(C)CC1. The van der Waals surface area contributed by atoms with E-state index >= 15 is 0 Å². The van der Waals surface area contributed by atoms with Gasteiger partial charge in [-0.25, -0.2) is 0 Å². The normalized spacial score (nSPS) is 18.7. The van der Waals surface area contributed by atoms with Gasteiger partial charge in [0.15, 0.2) is 0 Å². The maximum Gasteiger partial charge on any atom is 0.0322 e. The molecule has 0 amide bonds. The van der Waals surface area contributed by atoms with Crippen LogP contribution in [0, 0.1) is 5.92 Å². The van der Waals surface area contributed by atoms with Crippen LogP contribution in [-0.4, -0.2) is 24.5 Å². The molecule has 1 aliphatic heterocycles. The molecule has 1 fully saturated rings. The van der Waals surface area contributed by atoms with Gasteiger partial charge in [-0.3, -0.25) is 0 Å². The zero-order valence-corrected chi connectivity index (χ0v) is 11.3. The molecule has 1 rings (SSSR count). The number of rotatable bonds is 6. The molecule has 0 spiro atoms. The molecule has 0 radical (unpaired) electrons. The molecule has 0 saturated carbocycles. The van der Waals surface area contributed by atoms with Crippen molar-refractivity contribution in [1.29, 1.82) is 0 Å². The van der Waals surface area contributed by atoms with Gasteiger partial charge in [0.1, 0.15) is 0 Å². The zero-order chi connectivity index (χ0) is 12.5. The summed E-state index contributed by atoms with van der Waals surface area (Å²) < 4.78 is 0. The summed E-state index contributed by atoms with van der Waals surface area (Å²) in [6.07, 6.45) is 12.0. The highest BCUT2D eigenvalue weighted by atomic mass is 15.1. The van der Waals surface area contributed by atoms with Crippen LogP contribution in [0.1, 0.15) is 33.1 Å². The molecule has 2 heteroatoms. The Morgan fingerprint density at radius 2 is 2.12 bits per heavy atom. The molecule has 96 valence electrons. The fourth-order valence-electron chi connectivity index (χ4n) is 2.07. The van der Waals surface area contributed by atoms with Crippen molar-refractivity contribution in [2.24, 2.45) is 5.92 Å². The molecule has 2 nitrogen and oxygen atoms in total. The highest BCUT2D eigenvalue weighted by Gasteiger charge is 2.15. The standard InChI is InChI=1S/C15H26N2/c1-4-15(8-6-7-11-16-5-2)17-12-9-14(3)10-13-17/h4,7-8,11,14,16H,1,5-6,9-10,12-13H2,2-3H3/b11-7+,15-8+. The Kier molecular flexibility index (Phi) is 6.53. The predicted octanol–water partition coefficient (Wildman–Crippen LogP) is 3.30. The number of hydrogen-bond acceptors (Lipinski definition) is 2. The van der Waals surface area contributed by atoms with Gasteiger partial charge in [0, 0.05) is 25.3 Å². The third kappa shape index (κ3) is 5.12. The van der Waals surface area contributed by atoms with Crippen molar-refractivity contribution in [1.82, 2.24) is 10.2 Å². The second-order valence-corrected chi connectivity index (χ2v) is 4.70. The van der Waals surface area contributed by atoms with E-state index in [1.807, 2.05) is 12.3 Å². The second kappa shape index (κ2) is 7.99. The summed E-state index contributed by atoms with van der Waals surface area (Å²) in [6.45, 7) is 11.7. The average molecular weight is 234 g/mol. The van der Waals surface area contributed by atoms with E-state index in [4.69, 9.17) is 0 Å². The van der Waals surface area contributed by atoms with Gasteiger partial charge in [-0.15, -0.1) is 0 Å². The van der Waals surface area contributed by atoms with Gasteiger partial charge < -0.3 is 10.2 Å². The number of hydrogen-bond donors (Lipinski definition) is 1. The third-order valence-corrected chi connectivity index (χ3v) is 3.26. The molecule has 1 saturated heterocycles. The number of piperidine rings is 1. The van der Waals surface area contributed by atoms with Crippen LogP contribution in [0.3, 0.4) is 0 Å². The van der Waals surface area contributed by atoms with E-state index < -0.39 is 0 Å². The Labute approximate surface area is 106 Å². The molecule has 1 aliphatic rings. The summed E-state index contributed by atoms with van der Waals surface area (Å²) in [7, 11) is 0. The van der Waals surface area contributed by atoms with Crippen molar-refractivity contribution in [2.75, 3.05) is 19.6 Å². The summed E-state index contributed by atoms with van der Waals surface area (Å²) in [5.41, 5.74) is 1.29. The minimum Gasteiger partial charge on any atom is -0.391 e. The van der Waals surface area contributed by atoms with Gasteiger partial charge in [-0.05, 0) is 44.4 Å². The number of likely N-dealkylation sites (tertiary alicyclic amines) is 1. The van der Waals surface area contributed by atoms with E-state index in [2.05, 4.69) is 42.8 Å². The molecule has 0 unspecified atom stereocenters. The third-order valence-electron chi connectivity index (χ3n) is 3.26. The summed E-state index contributed by atoms with van der Waals surface area (Å²) in [5, 5.41) is 3.18. The predicted molar refractivity (Wildman–Crippen MR) is 75.7 cm³/mol. The smallest absolute Gasteiger partial charge is 0.0322 e. The second-order valence-electron chi connectivity index (χ2n) is 4.70. The number of nitrogens with one attached hydrogen (secondary N) is 1. The summed E-state index contributed by atoms with van der Waals surface area (Å²) >= 11 is 0. The first kappa shape index (κ1) is 13.9. The van der Waals surface area contributed by atoms with Crippen LogP contribution < -0.4 is 5.32 Å². The van der Waals surface area contributed by atoms with Crippen molar-refractivity contribution in [3.8, 4) is 0 Å². The summed E-state index contributed by atoms with van der Waals surface area (Å²) in [5.74, 6) is 0.881. The van der Waals surface area contributed by atoms with Crippen molar-refractivity contribution >= 4 is 0 Å². The first-order valence-electron chi connectivity index (χ1n) is 6.73. The Balaban J connectivity index is 2.41. The molecule has 1 N–H and O–H groups in total. The fraction of sp³-hybridized carbons (Fsp3) is 0.600. The molecular formula is C15H26N2. The van der Waals surface area contributed by atoms with Gasteiger partial charge in [0.25, 0.3) is 0 Å². The van der Waals surface area contributed by atoms with Crippen LogP contribution in [0.15, 0.2) is 36.7 Å². The summed E-state index contributed by atoms with van der Waals surface area (Å²) in [4.78, 5) is 2.45. The fourth-order valence-corrected chi connectivity index (χ4v) is 2.07. The van der Waals surface area contributed by atoms with Crippen LogP contribution >= 0.6 is 0 Å². The Morgan fingerprint density at radius 3 is 2.71 bits per heavy atom. The van der Waals surface area contributed by atoms with Gasteiger partial charge in [-0.1, -0.05) is 25.7 Å². The van der Waals surface area contributed by atoms with E-state index in [1.54, 1.807) is 0 Å². The lowest BCUT2D eigenvalue weighted by Gasteiger charge is -2.32. The summed E-state index contributed by atoms with van der Waals surface area (Å²) in [6, 6.07) is 0. The topological polar surface area (TPSA) is 15.3 Å².